The SMILES string of the molecule is CN(C)C(=O)Cn1c(=O)sc2ccccc21. The van der Waals surface area contributed by atoms with Gasteiger partial charge in [-0.05, 0) is 12.1 Å². The van der Waals surface area contributed by atoms with Crippen LogP contribution in [0.2, 0.25) is 0 Å². The molecule has 0 atom stereocenters. The monoisotopic (exact) mass is 236 g/mol. The average Bonchev–Trinajstić information content (AvgIpc) is 2.55. The minimum absolute atomic E-state index is 0.0781. The van der Waals surface area contributed by atoms with E-state index in [0.717, 1.165) is 10.2 Å². The van der Waals surface area contributed by atoms with Crippen LogP contribution in [0, 0.1) is 0 Å². The third-order valence-corrected chi connectivity index (χ3v) is 3.33. The van der Waals surface area contributed by atoms with E-state index in [9.17, 15) is 9.59 Å². The number of aromatic nitrogens is 1. The Morgan fingerprint density at radius 2 is 2.06 bits per heavy atom. The Hall–Kier alpha value is -1.62. The molecule has 0 aliphatic rings. The second-order valence-electron chi connectivity index (χ2n) is 3.71. The molecule has 0 N–H and O–H groups in total. The molecule has 0 saturated heterocycles. The van der Waals surface area contributed by atoms with Crippen LogP contribution in [0.3, 0.4) is 0 Å². The Morgan fingerprint density at radius 1 is 1.38 bits per heavy atom. The molecule has 2 rings (SSSR count). The molecule has 16 heavy (non-hydrogen) atoms. The van der Waals surface area contributed by atoms with Crippen molar-refractivity contribution >= 4 is 27.5 Å². The molecule has 1 amide bonds. The second kappa shape index (κ2) is 4.09. The van der Waals surface area contributed by atoms with Crippen LogP contribution in [0.1, 0.15) is 0 Å². The van der Waals surface area contributed by atoms with E-state index in [-0.39, 0.29) is 17.3 Å². The van der Waals surface area contributed by atoms with Crippen molar-refractivity contribution in [3.63, 3.8) is 0 Å². The van der Waals surface area contributed by atoms with Crippen molar-refractivity contribution in [1.29, 1.82) is 0 Å². The number of nitrogens with zero attached hydrogens (tertiary/aromatic N) is 2. The van der Waals surface area contributed by atoms with Gasteiger partial charge >= 0.3 is 4.87 Å². The molecule has 0 aliphatic carbocycles. The summed E-state index contributed by atoms with van der Waals surface area (Å²) in [6, 6.07) is 7.50. The lowest BCUT2D eigenvalue weighted by molar-refractivity contribution is -0.129. The highest BCUT2D eigenvalue weighted by molar-refractivity contribution is 7.16. The third-order valence-electron chi connectivity index (χ3n) is 2.37. The smallest absolute Gasteiger partial charge is 0.308 e. The predicted molar refractivity (Wildman–Crippen MR) is 64.8 cm³/mol. The zero-order valence-corrected chi connectivity index (χ0v) is 9.95. The molecule has 1 aromatic carbocycles. The van der Waals surface area contributed by atoms with Gasteiger partial charge in [-0.25, -0.2) is 0 Å². The van der Waals surface area contributed by atoms with Crippen LogP contribution in [0.4, 0.5) is 0 Å². The number of hydrogen-bond donors (Lipinski definition) is 0. The maximum atomic E-state index is 11.7. The molecule has 1 aromatic heterocycles. The Morgan fingerprint density at radius 3 is 2.75 bits per heavy atom. The maximum absolute atomic E-state index is 11.7. The summed E-state index contributed by atoms with van der Waals surface area (Å²) < 4.78 is 2.43. The van der Waals surface area contributed by atoms with Crippen molar-refractivity contribution < 1.29 is 4.79 Å². The lowest BCUT2D eigenvalue weighted by atomic mass is 10.3. The largest absolute Gasteiger partial charge is 0.347 e. The van der Waals surface area contributed by atoms with E-state index < -0.39 is 0 Å². The Kier molecular flexibility index (Phi) is 2.78. The fourth-order valence-corrected chi connectivity index (χ4v) is 2.33. The zero-order valence-electron chi connectivity index (χ0n) is 9.14. The maximum Gasteiger partial charge on any atom is 0.308 e. The number of carbonyl (C=O) groups excluding carboxylic acids is 1. The number of thiazole rings is 1. The summed E-state index contributed by atoms with van der Waals surface area (Å²) in [5.74, 6) is -0.0781. The molecular weight excluding hydrogens is 224 g/mol. The quantitative estimate of drug-likeness (QED) is 0.785. The van der Waals surface area contributed by atoms with Crippen molar-refractivity contribution in [2.24, 2.45) is 0 Å². The van der Waals surface area contributed by atoms with Crippen LogP contribution in [0.5, 0.6) is 0 Å². The van der Waals surface area contributed by atoms with E-state index in [4.69, 9.17) is 0 Å². The van der Waals surface area contributed by atoms with Crippen molar-refractivity contribution in [1.82, 2.24) is 9.47 Å². The van der Waals surface area contributed by atoms with Crippen LogP contribution in [0.15, 0.2) is 29.1 Å². The summed E-state index contributed by atoms with van der Waals surface area (Å²) in [4.78, 5) is 24.7. The Balaban J connectivity index is 2.48. The van der Waals surface area contributed by atoms with Gasteiger partial charge < -0.3 is 4.90 Å². The van der Waals surface area contributed by atoms with E-state index in [1.165, 1.54) is 20.8 Å². The van der Waals surface area contributed by atoms with Crippen LogP contribution < -0.4 is 4.87 Å². The summed E-state index contributed by atoms with van der Waals surface area (Å²) in [5.41, 5.74) is 0.827. The first kappa shape index (κ1) is 10.9. The first-order valence-corrected chi connectivity index (χ1v) is 5.70. The molecule has 0 unspecified atom stereocenters. The van der Waals surface area contributed by atoms with E-state index in [1.807, 2.05) is 24.3 Å². The molecule has 0 spiro atoms. The highest BCUT2D eigenvalue weighted by Gasteiger charge is 2.11. The highest BCUT2D eigenvalue weighted by Crippen LogP contribution is 2.16. The molecule has 0 bridgehead atoms. The summed E-state index contributed by atoms with van der Waals surface area (Å²) in [6.07, 6.45) is 0. The number of amides is 1. The predicted octanol–water partition coefficient (Wildman–Crippen LogP) is 1.15. The molecule has 0 saturated carbocycles. The van der Waals surface area contributed by atoms with Crippen LogP contribution >= 0.6 is 11.3 Å². The van der Waals surface area contributed by atoms with Gasteiger partial charge in [-0.15, -0.1) is 0 Å². The normalized spacial score (nSPS) is 10.6. The number of para-hydroxylation sites is 1. The van der Waals surface area contributed by atoms with Gasteiger partial charge in [0, 0.05) is 14.1 Å². The zero-order chi connectivity index (χ0) is 11.7. The molecular formula is C11H12N2O2S. The first-order valence-electron chi connectivity index (χ1n) is 4.88. The van der Waals surface area contributed by atoms with Gasteiger partial charge in [-0.2, -0.15) is 0 Å². The van der Waals surface area contributed by atoms with Crippen molar-refractivity contribution in [3.8, 4) is 0 Å². The topological polar surface area (TPSA) is 42.3 Å². The number of fused-ring (bicyclic) bond motifs is 1. The van der Waals surface area contributed by atoms with Gasteiger partial charge in [-0.1, -0.05) is 23.5 Å². The van der Waals surface area contributed by atoms with Gasteiger partial charge in [0.1, 0.15) is 6.54 Å². The number of likely N-dealkylation sites (N-methyl/N-ethyl adjacent to an activating group) is 1. The molecule has 84 valence electrons. The van der Waals surface area contributed by atoms with Crippen molar-refractivity contribution in [3.05, 3.63) is 33.9 Å². The van der Waals surface area contributed by atoms with E-state index in [0.29, 0.717) is 0 Å². The average molecular weight is 236 g/mol. The summed E-state index contributed by atoms with van der Waals surface area (Å²) in [7, 11) is 3.36. The van der Waals surface area contributed by atoms with Crippen LogP contribution in [-0.2, 0) is 11.3 Å². The lowest BCUT2D eigenvalue weighted by Gasteiger charge is -2.10. The van der Waals surface area contributed by atoms with Crippen LogP contribution in [0.25, 0.3) is 10.2 Å². The fourth-order valence-electron chi connectivity index (χ4n) is 1.44. The van der Waals surface area contributed by atoms with Crippen molar-refractivity contribution in [2.45, 2.75) is 6.54 Å². The minimum Gasteiger partial charge on any atom is -0.347 e. The van der Waals surface area contributed by atoms with Gasteiger partial charge in [0.05, 0.1) is 10.2 Å². The number of hydrogen-bond acceptors (Lipinski definition) is 3. The highest BCUT2D eigenvalue weighted by atomic mass is 32.1. The summed E-state index contributed by atoms with van der Waals surface area (Å²) >= 11 is 1.17. The Bertz CT molecular complexity index is 583. The van der Waals surface area contributed by atoms with E-state index in [1.54, 1.807) is 14.1 Å². The second-order valence-corrected chi connectivity index (χ2v) is 4.70. The van der Waals surface area contributed by atoms with Gasteiger partial charge in [0.25, 0.3) is 0 Å². The first-order chi connectivity index (χ1) is 7.59. The molecule has 5 heteroatoms. The van der Waals surface area contributed by atoms with Gasteiger partial charge in [0.15, 0.2) is 0 Å². The fraction of sp³-hybridized carbons (Fsp3) is 0.273. The van der Waals surface area contributed by atoms with Crippen molar-refractivity contribution in [2.75, 3.05) is 14.1 Å². The minimum atomic E-state index is -0.0867. The van der Waals surface area contributed by atoms with Gasteiger partial charge in [-0.3, -0.25) is 14.2 Å². The molecule has 0 aliphatic heterocycles. The third kappa shape index (κ3) is 1.86. The van der Waals surface area contributed by atoms with E-state index >= 15 is 0 Å². The molecule has 1 heterocycles. The lowest BCUT2D eigenvalue weighted by Crippen LogP contribution is -2.29. The van der Waals surface area contributed by atoms with Gasteiger partial charge in [0.2, 0.25) is 5.91 Å². The number of benzene rings is 1. The molecule has 4 nitrogen and oxygen atoms in total. The Labute approximate surface area is 96.7 Å². The van der Waals surface area contributed by atoms with Crippen LogP contribution in [-0.4, -0.2) is 29.5 Å². The molecule has 0 fully saturated rings. The molecule has 0 radical (unpaired) electrons. The van der Waals surface area contributed by atoms with E-state index in [2.05, 4.69) is 0 Å². The standard InChI is InChI=1S/C11H12N2O2S/c1-12(2)10(14)7-13-8-5-3-4-6-9(8)16-11(13)15/h3-6H,7H2,1-2H3. The molecule has 2 aromatic rings. The summed E-state index contributed by atoms with van der Waals surface area (Å²) in [5, 5.41) is 0. The number of rotatable bonds is 2. The number of carbonyl (C=O) groups is 1. The summed E-state index contributed by atoms with van der Waals surface area (Å²) in [6.45, 7) is 0.107.